The van der Waals surface area contributed by atoms with E-state index in [4.69, 9.17) is 0 Å². The van der Waals surface area contributed by atoms with E-state index in [1.54, 1.807) is 17.5 Å². The summed E-state index contributed by atoms with van der Waals surface area (Å²) in [5, 5.41) is 2.63. The largest absolute Gasteiger partial charge is 0.484 e. The first-order chi connectivity index (χ1) is 6.47. The third-order valence-corrected chi connectivity index (χ3v) is 2.04. The van der Waals surface area contributed by atoms with E-state index in [2.05, 4.69) is 0 Å². The summed E-state index contributed by atoms with van der Waals surface area (Å²) in [6.45, 7) is 0. The van der Waals surface area contributed by atoms with Crippen molar-refractivity contribution < 1.29 is 18.0 Å². The Labute approximate surface area is 82.0 Å². The Morgan fingerprint density at radius 1 is 1.50 bits per heavy atom. The van der Waals surface area contributed by atoms with Crippen LogP contribution in [-0.4, -0.2) is 12.2 Å². The zero-order valence-electron chi connectivity index (χ0n) is 6.84. The number of rotatable bonds is 2. The third-order valence-electron chi connectivity index (χ3n) is 1.21. The van der Waals surface area contributed by atoms with Crippen molar-refractivity contribution in [2.24, 2.45) is 0 Å². The van der Waals surface area contributed by atoms with E-state index in [0.717, 1.165) is 16.3 Å². The smallest absolute Gasteiger partial charge is 0.270 e. The van der Waals surface area contributed by atoms with E-state index in [-0.39, 0.29) is 0 Å². The summed E-state index contributed by atoms with van der Waals surface area (Å²) in [6.07, 6.45) is -2.50. The van der Waals surface area contributed by atoms with Crippen LogP contribution in [0.2, 0.25) is 0 Å². The molecule has 2 nitrogen and oxygen atoms in total. The summed E-state index contributed by atoms with van der Waals surface area (Å²) in [5.74, 6) is -1.18. The zero-order chi connectivity index (χ0) is 10.6. The second-order valence-electron chi connectivity index (χ2n) is 2.34. The van der Waals surface area contributed by atoms with Gasteiger partial charge in [-0.05, 0) is 17.5 Å². The summed E-state index contributed by atoms with van der Waals surface area (Å²) in [5.41, 5.74) is 0. The van der Waals surface area contributed by atoms with Gasteiger partial charge in [0, 0.05) is 11.0 Å². The fourth-order valence-corrected chi connectivity index (χ4v) is 1.34. The normalized spacial score (nSPS) is 11.9. The van der Waals surface area contributed by atoms with Crippen molar-refractivity contribution in [3.8, 4) is 0 Å². The first-order valence-corrected chi connectivity index (χ1v) is 4.46. The summed E-state index contributed by atoms with van der Waals surface area (Å²) >= 11 is 1.33. The van der Waals surface area contributed by atoms with Crippen LogP contribution in [-0.2, 0) is 4.79 Å². The lowest BCUT2D eigenvalue weighted by atomic mass is 10.4. The lowest BCUT2D eigenvalue weighted by Gasteiger charge is -2.04. The molecule has 1 aromatic heterocycles. The van der Waals surface area contributed by atoms with E-state index >= 15 is 0 Å². The molecule has 1 amide bonds. The molecule has 1 rings (SSSR count). The Bertz CT molecular complexity index is 329. The molecule has 1 heterocycles. The number of halogens is 3. The fraction of sp³-hybridized carbons (Fsp3) is 0.125. The minimum atomic E-state index is -4.67. The Balaban J connectivity index is 2.49. The van der Waals surface area contributed by atoms with Gasteiger partial charge in [0.2, 0.25) is 0 Å². The molecule has 0 radical (unpaired) electrons. The standard InChI is InChI=1S/C8H6F3NOS/c9-8(10,11)12-7(13)4-3-6-2-1-5-14-6/h1-5H,(H,12,13). The molecule has 0 saturated heterocycles. The third kappa shape index (κ3) is 4.08. The second kappa shape index (κ2) is 4.28. The highest BCUT2D eigenvalue weighted by Crippen LogP contribution is 2.11. The minimum Gasteiger partial charge on any atom is -0.270 e. The Hall–Kier alpha value is -1.30. The molecule has 0 aliphatic rings. The van der Waals surface area contributed by atoms with Gasteiger partial charge >= 0.3 is 6.30 Å². The molecule has 0 saturated carbocycles. The van der Waals surface area contributed by atoms with Crippen molar-refractivity contribution in [1.82, 2.24) is 5.32 Å². The highest BCUT2D eigenvalue weighted by Gasteiger charge is 2.28. The van der Waals surface area contributed by atoms with Crippen LogP contribution in [0.1, 0.15) is 4.88 Å². The molecule has 1 aromatic rings. The number of thiophene rings is 1. The molecule has 1 N–H and O–H groups in total. The van der Waals surface area contributed by atoms with Crippen LogP contribution in [0, 0.1) is 0 Å². The molecule has 0 bridgehead atoms. The van der Waals surface area contributed by atoms with Gasteiger partial charge in [-0.2, -0.15) is 13.2 Å². The fourth-order valence-electron chi connectivity index (χ4n) is 0.725. The lowest BCUT2D eigenvalue weighted by molar-refractivity contribution is -0.166. The molecule has 0 unspecified atom stereocenters. The first kappa shape index (κ1) is 10.8. The predicted octanol–water partition coefficient (Wildman–Crippen LogP) is 2.40. The molecule has 6 heteroatoms. The second-order valence-corrected chi connectivity index (χ2v) is 3.32. The van der Waals surface area contributed by atoms with Crippen LogP contribution in [0.25, 0.3) is 6.08 Å². The van der Waals surface area contributed by atoms with Gasteiger partial charge in [-0.25, -0.2) is 0 Å². The molecule has 14 heavy (non-hydrogen) atoms. The quantitative estimate of drug-likeness (QED) is 0.603. The van der Waals surface area contributed by atoms with Crippen molar-refractivity contribution in [2.75, 3.05) is 0 Å². The minimum absolute atomic E-state index is 0.724. The monoisotopic (exact) mass is 221 g/mol. The summed E-state index contributed by atoms with van der Waals surface area (Å²) in [6, 6.07) is 3.44. The molecule has 76 valence electrons. The van der Waals surface area contributed by atoms with Crippen molar-refractivity contribution in [3.05, 3.63) is 28.5 Å². The average molecular weight is 221 g/mol. The van der Waals surface area contributed by atoms with Crippen LogP contribution in [0.5, 0.6) is 0 Å². The van der Waals surface area contributed by atoms with Gasteiger partial charge in [0.05, 0.1) is 0 Å². The van der Waals surface area contributed by atoms with Gasteiger partial charge in [-0.1, -0.05) is 6.07 Å². The van der Waals surface area contributed by atoms with Gasteiger partial charge < -0.3 is 0 Å². The maximum Gasteiger partial charge on any atom is 0.484 e. The van der Waals surface area contributed by atoms with E-state index in [1.165, 1.54) is 17.4 Å². The molecule has 0 atom stereocenters. The number of hydrogen-bond acceptors (Lipinski definition) is 2. The number of amides is 1. The van der Waals surface area contributed by atoms with Crippen molar-refractivity contribution in [2.45, 2.75) is 6.30 Å². The lowest BCUT2D eigenvalue weighted by Crippen LogP contribution is -2.35. The SMILES string of the molecule is O=C(C=Cc1cccs1)NC(F)(F)F. The molecule has 0 spiro atoms. The van der Waals surface area contributed by atoms with Crippen LogP contribution in [0.15, 0.2) is 23.6 Å². The Morgan fingerprint density at radius 2 is 2.21 bits per heavy atom. The van der Waals surface area contributed by atoms with Crippen LogP contribution in [0.3, 0.4) is 0 Å². The highest BCUT2D eigenvalue weighted by atomic mass is 32.1. The van der Waals surface area contributed by atoms with Crippen LogP contribution < -0.4 is 5.32 Å². The molecular formula is C8H6F3NOS. The van der Waals surface area contributed by atoms with E-state index < -0.39 is 12.2 Å². The highest BCUT2D eigenvalue weighted by molar-refractivity contribution is 7.10. The number of carbonyl (C=O) groups excluding carboxylic acids is 1. The summed E-state index contributed by atoms with van der Waals surface area (Å²) < 4.78 is 34.8. The van der Waals surface area contributed by atoms with Crippen LogP contribution >= 0.6 is 11.3 Å². The molecule has 0 aromatic carbocycles. The maximum absolute atomic E-state index is 11.6. The van der Waals surface area contributed by atoms with Gasteiger partial charge in [0.15, 0.2) is 0 Å². The van der Waals surface area contributed by atoms with Gasteiger partial charge in [-0.3, -0.25) is 10.1 Å². The number of hydrogen-bond donors (Lipinski definition) is 1. The zero-order valence-corrected chi connectivity index (χ0v) is 7.65. The van der Waals surface area contributed by atoms with E-state index in [1.807, 2.05) is 0 Å². The van der Waals surface area contributed by atoms with Crippen LogP contribution in [0.4, 0.5) is 13.2 Å². The molecule has 0 aliphatic carbocycles. The summed E-state index contributed by atoms with van der Waals surface area (Å²) in [4.78, 5) is 11.4. The first-order valence-electron chi connectivity index (χ1n) is 3.58. The van der Waals surface area contributed by atoms with E-state index in [9.17, 15) is 18.0 Å². The van der Waals surface area contributed by atoms with Crippen molar-refractivity contribution in [3.63, 3.8) is 0 Å². The number of alkyl halides is 3. The van der Waals surface area contributed by atoms with Crippen molar-refractivity contribution in [1.29, 1.82) is 0 Å². The molecule has 0 aliphatic heterocycles. The summed E-state index contributed by atoms with van der Waals surface area (Å²) in [7, 11) is 0. The van der Waals surface area contributed by atoms with Gasteiger partial charge in [-0.15, -0.1) is 11.3 Å². The molecule has 0 fully saturated rings. The predicted molar refractivity (Wildman–Crippen MR) is 47.6 cm³/mol. The average Bonchev–Trinajstić information content (AvgIpc) is 2.49. The van der Waals surface area contributed by atoms with Crippen molar-refractivity contribution >= 4 is 23.3 Å². The number of nitrogens with one attached hydrogen (secondary N) is 1. The number of carbonyl (C=O) groups is 1. The van der Waals surface area contributed by atoms with Gasteiger partial charge in [0.1, 0.15) is 0 Å². The maximum atomic E-state index is 11.6. The van der Waals surface area contributed by atoms with E-state index in [0.29, 0.717) is 0 Å². The Kier molecular flexibility index (Phi) is 3.29. The molecular weight excluding hydrogens is 215 g/mol. The van der Waals surface area contributed by atoms with Gasteiger partial charge in [0.25, 0.3) is 5.91 Å². The Morgan fingerprint density at radius 3 is 2.71 bits per heavy atom. The topological polar surface area (TPSA) is 29.1 Å².